The summed E-state index contributed by atoms with van der Waals surface area (Å²) in [6.45, 7) is 0.940. The summed E-state index contributed by atoms with van der Waals surface area (Å²) >= 11 is 0. The van der Waals surface area contributed by atoms with Crippen molar-refractivity contribution in [2.45, 2.75) is 49.5 Å². The van der Waals surface area contributed by atoms with Crippen molar-refractivity contribution in [1.29, 1.82) is 5.26 Å². The Morgan fingerprint density at radius 1 is 1.18 bits per heavy atom. The Balaban J connectivity index is 1.71. The van der Waals surface area contributed by atoms with Crippen molar-refractivity contribution in [3.8, 4) is 6.07 Å². The molecule has 2 rings (SSSR count). The molecule has 1 N–H and O–H groups in total. The van der Waals surface area contributed by atoms with Crippen molar-refractivity contribution in [3.05, 3.63) is 29.8 Å². The summed E-state index contributed by atoms with van der Waals surface area (Å²) in [4.78, 5) is 0.180. The summed E-state index contributed by atoms with van der Waals surface area (Å²) in [7, 11) is -3.51. The fraction of sp³-hybridized carbons (Fsp3) is 0.562. The van der Waals surface area contributed by atoms with Gasteiger partial charge in [0.15, 0.2) is 0 Å². The number of nitrogens with zero attached hydrogens (tertiary/aromatic N) is 1. The lowest BCUT2D eigenvalue weighted by Gasteiger charge is -2.21. The van der Waals surface area contributed by atoms with Crippen LogP contribution in [0.25, 0.3) is 0 Å². The molecule has 0 radical (unpaired) electrons. The molecule has 1 aromatic carbocycles. The van der Waals surface area contributed by atoms with Crippen LogP contribution in [0.3, 0.4) is 0 Å². The third kappa shape index (κ3) is 5.09. The highest BCUT2D eigenvalue weighted by atomic mass is 32.2. The average molecular weight is 322 g/mol. The van der Waals surface area contributed by atoms with Gasteiger partial charge < -0.3 is 4.74 Å². The van der Waals surface area contributed by atoms with Crippen LogP contribution in [0, 0.1) is 11.3 Å². The van der Waals surface area contributed by atoms with Crippen LogP contribution in [0.5, 0.6) is 0 Å². The van der Waals surface area contributed by atoms with Gasteiger partial charge in [0, 0.05) is 13.2 Å². The molecule has 120 valence electrons. The number of benzene rings is 1. The predicted octanol–water partition coefficient (Wildman–Crippen LogP) is 2.58. The molecule has 0 aliphatic heterocycles. The Bertz CT molecular complexity index is 599. The number of hydrogen-bond acceptors (Lipinski definition) is 4. The lowest BCUT2D eigenvalue weighted by molar-refractivity contribution is 0.0278. The van der Waals surface area contributed by atoms with Gasteiger partial charge in [0.1, 0.15) is 0 Å². The van der Waals surface area contributed by atoms with Crippen LogP contribution in [-0.4, -0.2) is 27.7 Å². The van der Waals surface area contributed by atoms with Crippen molar-refractivity contribution in [1.82, 2.24) is 4.72 Å². The average Bonchev–Trinajstić information content (AvgIpc) is 2.55. The normalized spacial score (nSPS) is 16.3. The molecule has 0 unspecified atom stereocenters. The molecule has 1 saturated carbocycles. The molecule has 0 amide bonds. The minimum atomic E-state index is -3.51. The van der Waals surface area contributed by atoms with Gasteiger partial charge in [-0.05, 0) is 43.5 Å². The lowest BCUT2D eigenvalue weighted by Crippen LogP contribution is -2.26. The van der Waals surface area contributed by atoms with E-state index in [0.29, 0.717) is 31.2 Å². The molecule has 1 fully saturated rings. The highest BCUT2D eigenvalue weighted by Crippen LogP contribution is 2.20. The van der Waals surface area contributed by atoms with Gasteiger partial charge in [0.05, 0.1) is 22.6 Å². The summed E-state index contributed by atoms with van der Waals surface area (Å²) in [5.41, 5.74) is 0.444. The van der Waals surface area contributed by atoms with E-state index < -0.39 is 10.0 Å². The van der Waals surface area contributed by atoms with Gasteiger partial charge in [0.25, 0.3) is 0 Å². The Kier molecular flexibility index (Phi) is 6.37. The number of nitrogens with one attached hydrogen (secondary N) is 1. The minimum Gasteiger partial charge on any atom is -0.378 e. The second kappa shape index (κ2) is 8.28. The first-order chi connectivity index (χ1) is 10.6. The van der Waals surface area contributed by atoms with Crippen LogP contribution in [0.15, 0.2) is 29.2 Å². The number of rotatable bonds is 7. The Morgan fingerprint density at radius 3 is 2.50 bits per heavy atom. The number of ether oxygens (including phenoxy) is 1. The molecule has 0 aromatic heterocycles. The molecule has 0 atom stereocenters. The molecule has 0 saturated heterocycles. The largest absolute Gasteiger partial charge is 0.378 e. The molecule has 1 aromatic rings. The van der Waals surface area contributed by atoms with E-state index in [-0.39, 0.29) is 4.90 Å². The first kappa shape index (κ1) is 16.9. The zero-order valence-corrected chi connectivity index (χ0v) is 13.4. The van der Waals surface area contributed by atoms with E-state index in [1.165, 1.54) is 43.5 Å². The van der Waals surface area contributed by atoms with Gasteiger partial charge in [-0.1, -0.05) is 19.3 Å². The molecule has 1 aliphatic rings. The molecule has 22 heavy (non-hydrogen) atoms. The molecule has 0 spiro atoms. The monoisotopic (exact) mass is 322 g/mol. The van der Waals surface area contributed by atoms with Crippen molar-refractivity contribution in [2.24, 2.45) is 0 Å². The summed E-state index contributed by atoms with van der Waals surface area (Å²) in [5.74, 6) is 0. The molecule has 1 aliphatic carbocycles. The maximum Gasteiger partial charge on any atom is 0.240 e. The highest BCUT2D eigenvalue weighted by molar-refractivity contribution is 7.89. The van der Waals surface area contributed by atoms with Crippen LogP contribution in [-0.2, 0) is 14.8 Å². The molecule has 6 heteroatoms. The first-order valence-electron chi connectivity index (χ1n) is 7.73. The fourth-order valence-electron chi connectivity index (χ4n) is 2.55. The predicted molar refractivity (Wildman–Crippen MR) is 83.8 cm³/mol. The number of hydrogen-bond donors (Lipinski definition) is 1. The second-order valence-electron chi connectivity index (χ2n) is 5.52. The van der Waals surface area contributed by atoms with Gasteiger partial charge in [0.2, 0.25) is 10.0 Å². The lowest BCUT2D eigenvalue weighted by atomic mass is 9.98. The van der Waals surface area contributed by atoms with Crippen LogP contribution >= 0.6 is 0 Å². The Hall–Kier alpha value is -1.42. The van der Waals surface area contributed by atoms with Crippen molar-refractivity contribution >= 4 is 10.0 Å². The van der Waals surface area contributed by atoms with E-state index in [1.54, 1.807) is 0 Å². The van der Waals surface area contributed by atoms with Gasteiger partial charge in [-0.15, -0.1) is 0 Å². The Labute approximate surface area is 132 Å². The minimum absolute atomic E-state index is 0.180. The molecule has 0 bridgehead atoms. The van der Waals surface area contributed by atoms with Gasteiger partial charge in [-0.3, -0.25) is 0 Å². The van der Waals surface area contributed by atoms with Crippen LogP contribution in [0.4, 0.5) is 0 Å². The molecular weight excluding hydrogens is 300 g/mol. The van der Waals surface area contributed by atoms with E-state index in [2.05, 4.69) is 4.72 Å². The molecular formula is C16H22N2O3S. The van der Waals surface area contributed by atoms with Crippen molar-refractivity contribution in [2.75, 3.05) is 13.2 Å². The van der Waals surface area contributed by atoms with Crippen molar-refractivity contribution in [3.63, 3.8) is 0 Å². The maximum atomic E-state index is 12.1. The van der Waals surface area contributed by atoms with Crippen LogP contribution in [0.1, 0.15) is 44.1 Å². The standard InChI is InChI=1S/C16H22N2O3S/c17-13-14-7-9-16(10-8-14)22(19,20)18-11-4-12-21-15-5-2-1-3-6-15/h7-10,15,18H,1-6,11-12H2. The number of nitriles is 1. The molecule has 0 heterocycles. The zero-order chi connectivity index (χ0) is 15.8. The van der Waals surface area contributed by atoms with E-state index in [0.717, 1.165) is 12.8 Å². The SMILES string of the molecule is N#Cc1ccc(S(=O)(=O)NCCCOC2CCCCC2)cc1. The number of sulfonamides is 1. The van der Waals surface area contributed by atoms with Gasteiger partial charge >= 0.3 is 0 Å². The fourth-order valence-corrected chi connectivity index (χ4v) is 3.63. The summed E-state index contributed by atoms with van der Waals surface area (Å²) in [5, 5.41) is 8.71. The van der Waals surface area contributed by atoms with Crippen molar-refractivity contribution < 1.29 is 13.2 Å². The smallest absolute Gasteiger partial charge is 0.240 e. The summed E-state index contributed by atoms with van der Waals surface area (Å²) < 4.78 is 32.4. The van der Waals surface area contributed by atoms with Gasteiger partial charge in [-0.25, -0.2) is 13.1 Å². The quantitative estimate of drug-likeness (QED) is 0.783. The van der Waals surface area contributed by atoms with E-state index >= 15 is 0 Å². The van der Waals surface area contributed by atoms with E-state index in [9.17, 15) is 8.42 Å². The third-order valence-electron chi connectivity index (χ3n) is 3.81. The zero-order valence-electron chi connectivity index (χ0n) is 12.6. The maximum absolute atomic E-state index is 12.1. The van der Waals surface area contributed by atoms with Crippen LogP contribution in [0.2, 0.25) is 0 Å². The first-order valence-corrected chi connectivity index (χ1v) is 9.21. The van der Waals surface area contributed by atoms with Gasteiger partial charge in [-0.2, -0.15) is 5.26 Å². The summed E-state index contributed by atoms with van der Waals surface area (Å²) in [6.07, 6.45) is 7.01. The van der Waals surface area contributed by atoms with E-state index in [1.807, 2.05) is 6.07 Å². The Morgan fingerprint density at radius 2 is 1.86 bits per heavy atom. The topological polar surface area (TPSA) is 79.2 Å². The second-order valence-corrected chi connectivity index (χ2v) is 7.29. The van der Waals surface area contributed by atoms with Crippen LogP contribution < -0.4 is 4.72 Å². The highest BCUT2D eigenvalue weighted by Gasteiger charge is 2.15. The molecule has 5 nitrogen and oxygen atoms in total. The summed E-state index contributed by atoms with van der Waals surface area (Å²) in [6, 6.07) is 7.85. The van der Waals surface area contributed by atoms with E-state index in [4.69, 9.17) is 10.00 Å². The third-order valence-corrected chi connectivity index (χ3v) is 5.29.